The summed E-state index contributed by atoms with van der Waals surface area (Å²) in [5.74, 6) is 0. The Kier molecular flexibility index (Phi) is 2.36. The fourth-order valence-electron chi connectivity index (χ4n) is 1.94. The summed E-state index contributed by atoms with van der Waals surface area (Å²) in [4.78, 5) is 4.11. The van der Waals surface area contributed by atoms with Crippen LogP contribution in [0.3, 0.4) is 0 Å². The molecule has 2 heterocycles. The molecule has 0 unspecified atom stereocenters. The van der Waals surface area contributed by atoms with E-state index in [1.807, 2.05) is 6.20 Å². The Morgan fingerprint density at radius 3 is 2.80 bits per heavy atom. The van der Waals surface area contributed by atoms with Crippen molar-refractivity contribution in [3.8, 4) is 0 Å². The van der Waals surface area contributed by atoms with Crippen molar-refractivity contribution in [2.45, 2.75) is 20.6 Å². The molecule has 2 N–H and O–H groups in total. The zero-order chi connectivity index (χ0) is 11.0. The lowest BCUT2D eigenvalue weighted by atomic mass is 10.2. The summed E-state index contributed by atoms with van der Waals surface area (Å²) in [6.07, 6.45) is 3.51. The van der Waals surface area contributed by atoms with Crippen molar-refractivity contribution in [1.29, 1.82) is 0 Å². The maximum absolute atomic E-state index is 5.92. The van der Waals surface area contributed by atoms with Crippen LogP contribution in [-0.4, -0.2) is 16.7 Å². The van der Waals surface area contributed by atoms with Crippen LogP contribution in [0, 0.1) is 13.8 Å². The lowest BCUT2D eigenvalue weighted by molar-refractivity contribution is 0.133. The maximum atomic E-state index is 5.92. The van der Waals surface area contributed by atoms with Crippen LogP contribution in [-0.2, 0) is 11.5 Å². The van der Waals surface area contributed by atoms with Gasteiger partial charge in [-0.2, -0.15) is 0 Å². The number of anilines is 1. The van der Waals surface area contributed by atoms with E-state index >= 15 is 0 Å². The molecule has 15 heavy (non-hydrogen) atoms. The summed E-state index contributed by atoms with van der Waals surface area (Å²) in [5, 5.41) is 1.08. The average molecular weight is 205 g/mol. The molecular formula is C11H15N3O. The minimum atomic E-state index is 0.529. The normalized spacial score (nSPS) is 11.1. The first-order valence-electron chi connectivity index (χ1n) is 4.84. The van der Waals surface area contributed by atoms with Crippen LogP contribution in [0.2, 0.25) is 0 Å². The van der Waals surface area contributed by atoms with Gasteiger partial charge in [-0.25, -0.2) is 0 Å². The monoisotopic (exact) mass is 205 g/mol. The van der Waals surface area contributed by atoms with E-state index in [-0.39, 0.29) is 0 Å². The van der Waals surface area contributed by atoms with E-state index in [0.29, 0.717) is 6.73 Å². The highest BCUT2D eigenvalue weighted by Crippen LogP contribution is 2.28. The van der Waals surface area contributed by atoms with Crippen molar-refractivity contribution in [3.05, 3.63) is 23.7 Å². The number of ether oxygens (including phenoxy) is 1. The molecule has 0 amide bonds. The van der Waals surface area contributed by atoms with Crippen molar-refractivity contribution in [3.63, 3.8) is 0 Å². The summed E-state index contributed by atoms with van der Waals surface area (Å²) < 4.78 is 7.24. The minimum Gasteiger partial charge on any atom is -0.397 e. The van der Waals surface area contributed by atoms with Gasteiger partial charge in [-0.1, -0.05) is 0 Å². The maximum Gasteiger partial charge on any atom is 0.122 e. The molecule has 2 aromatic rings. The van der Waals surface area contributed by atoms with Crippen LogP contribution in [0.25, 0.3) is 10.9 Å². The fraction of sp³-hybridized carbons (Fsp3) is 0.364. The van der Waals surface area contributed by atoms with Gasteiger partial charge in [0.15, 0.2) is 0 Å². The average Bonchev–Trinajstić information content (AvgIpc) is 2.45. The summed E-state index contributed by atoms with van der Waals surface area (Å²) in [7, 11) is 1.68. The molecule has 0 aliphatic heterocycles. The zero-order valence-electron chi connectivity index (χ0n) is 9.24. The van der Waals surface area contributed by atoms with Gasteiger partial charge in [-0.15, -0.1) is 0 Å². The first kappa shape index (κ1) is 9.98. The van der Waals surface area contributed by atoms with Gasteiger partial charge in [0.2, 0.25) is 0 Å². The molecule has 4 heteroatoms. The van der Waals surface area contributed by atoms with Crippen LogP contribution in [0.15, 0.2) is 12.4 Å². The molecule has 0 spiro atoms. The second kappa shape index (κ2) is 3.55. The molecule has 0 atom stereocenters. The molecule has 2 aromatic heterocycles. The van der Waals surface area contributed by atoms with Crippen LogP contribution in [0.5, 0.6) is 0 Å². The van der Waals surface area contributed by atoms with Crippen LogP contribution < -0.4 is 5.73 Å². The Balaban J connectivity index is 2.81. The number of nitrogen functional groups attached to an aromatic ring is 1. The molecule has 0 fully saturated rings. The Morgan fingerprint density at radius 2 is 2.13 bits per heavy atom. The predicted octanol–water partition coefficient (Wildman–Crippen LogP) is 1.84. The predicted molar refractivity (Wildman–Crippen MR) is 60.6 cm³/mol. The van der Waals surface area contributed by atoms with E-state index in [0.717, 1.165) is 16.6 Å². The van der Waals surface area contributed by atoms with Crippen molar-refractivity contribution in [2.24, 2.45) is 0 Å². The summed E-state index contributed by atoms with van der Waals surface area (Å²) in [5.41, 5.74) is 10.0. The quantitative estimate of drug-likeness (QED) is 0.813. The second-order valence-corrected chi connectivity index (χ2v) is 3.68. The van der Waals surface area contributed by atoms with Gasteiger partial charge in [-0.3, -0.25) is 4.98 Å². The van der Waals surface area contributed by atoms with Gasteiger partial charge in [-0.05, 0) is 19.4 Å². The SMILES string of the molecule is COCn1c(C)c(C)c2c(N)cncc21. The lowest BCUT2D eigenvalue weighted by Gasteiger charge is -2.05. The number of nitrogens with zero attached hydrogens (tertiary/aromatic N) is 2. The van der Waals surface area contributed by atoms with E-state index in [2.05, 4.69) is 23.4 Å². The van der Waals surface area contributed by atoms with Crippen LogP contribution in [0.1, 0.15) is 11.3 Å². The number of hydrogen-bond acceptors (Lipinski definition) is 3. The first-order chi connectivity index (χ1) is 7.16. The molecule has 80 valence electrons. The van der Waals surface area contributed by atoms with Gasteiger partial charge in [0, 0.05) is 18.2 Å². The van der Waals surface area contributed by atoms with Crippen molar-refractivity contribution in [1.82, 2.24) is 9.55 Å². The number of methoxy groups -OCH3 is 1. The molecule has 0 aliphatic rings. The number of aryl methyl sites for hydroxylation is 1. The molecular weight excluding hydrogens is 190 g/mol. The Labute approximate surface area is 88.7 Å². The zero-order valence-corrected chi connectivity index (χ0v) is 9.24. The second-order valence-electron chi connectivity index (χ2n) is 3.68. The van der Waals surface area contributed by atoms with Crippen LogP contribution in [0.4, 0.5) is 5.69 Å². The van der Waals surface area contributed by atoms with Crippen molar-refractivity contribution < 1.29 is 4.74 Å². The molecule has 0 saturated heterocycles. The van der Waals surface area contributed by atoms with Crippen molar-refractivity contribution in [2.75, 3.05) is 12.8 Å². The molecule has 0 aliphatic carbocycles. The number of rotatable bonds is 2. The molecule has 0 aromatic carbocycles. The highest BCUT2D eigenvalue weighted by atomic mass is 16.5. The van der Waals surface area contributed by atoms with E-state index < -0.39 is 0 Å². The Morgan fingerprint density at radius 1 is 1.40 bits per heavy atom. The third-order valence-corrected chi connectivity index (χ3v) is 2.83. The highest BCUT2D eigenvalue weighted by molar-refractivity contribution is 5.94. The lowest BCUT2D eigenvalue weighted by Crippen LogP contribution is -2.01. The van der Waals surface area contributed by atoms with Gasteiger partial charge >= 0.3 is 0 Å². The smallest absolute Gasteiger partial charge is 0.122 e. The van der Waals surface area contributed by atoms with Gasteiger partial charge < -0.3 is 15.0 Å². The summed E-state index contributed by atoms with van der Waals surface area (Å²) in [6.45, 7) is 4.66. The summed E-state index contributed by atoms with van der Waals surface area (Å²) >= 11 is 0. The van der Waals surface area contributed by atoms with Gasteiger partial charge in [0.1, 0.15) is 6.73 Å². The van der Waals surface area contributed by atoms with Gasteiger partial charge in [0.05, 0.1) is 23.6 Å². The van der Waals surface area contributed by atoms with E-state index in [1.165, 1.54) is 11.3 Å². The standard InChI is InChI=1S/C11H15N3O/c1-7-8(2)14(6-15-3)10-5-13-4-9(12)11(7)10/h4-5H,6,12H2,1-3H3. The minimum absolute atomic E-state index is 0.529. The van der Waals surface area contributed by atoms with Crippen LogP contribution >= 0.6 is 0 Å². The first-order valence-corrected chi connectivity index (χ1v) is 4.84. The Bertz CT molecular complexity index is 502. The third kappa shape index (κ3) is 1.37. The number of aromatic nitrogens is 2. The van der Waals surface area contributed by atoms with Crippen molar-refractivity contribution >= 4 is 16.6 Å². The number of fused-ring (bicyclic) bond motifs is 1. The topological polar surface area (TPSA) is 53.1 Å². The molecule has 0 bridgehead atoms. The molecule has 4 nitrogen and oxygen atoms in total. The summed E-state index contributed by atoms with van der Waals surface area (Å²) in [6, 6.07) is 0. The molecule has 2 rings (SSSR count). The highest BCUT2D eigenvalue weighted by Gasteiger charge is 2.12. The third-order valence-electron chi connectivity index (χ3n) is 2.83. The largest absolute Gasteiger partial charge is 0.397 e. The number of pyridine rings is 1. The van der Waals surface area contributed by atoms with E-state index in [1.54, 1.807) is 13.3 Å². The van der Waals surface area contributed by atoms with E-state index in [4.69, 9.17) is 10.5 Å². The number of nitrogens with two attached hydrogens (primary N) is 1. The van der Waals surface area contributed by atoms with Gasteiger partial charge in [0.25, 0.3) is 0 Å². The Hall–Kier alpha value is -1.55. The molecule has 0 saturated carbocycles. The number of hydrogen-bond donors (Lipinski definition) is 1. The van der Waals surface area contributed by atoms with E-state index in [9.17, 15) is 0 Å². The fourth-order valence-corrected chi connectivity index (χ4v) is 1.94. The molecule has 0 radical (unpaired) electrons.